The van der Waals surface area contributed by atoms with E-state index in [2.05, 4.69) is 15.1 Å². The third-order valence-corrected chi connectivity index (χ3v) is 4.40. The van der Waals surface area contributed by atoms with Crippen molar-refractivity contribution in [3.8, 4) is 11.7 Å². The highest BCUT2D eigenvalue weighted by molar-refractivity contribution is 5.87. The molecule has 1 atom stereocenters. The highest BCUT2D eigenvalue weighted by atomic mass is 16.4. The van der Waals surface area contributed by atoms with Crippen LogP contribution >= 0.6 is 0 Å². The van der Waals surface area contributed by atoms with Gasteiger partial charge in [0, 0.05) is 13.1 Å². The number of hydrogen-bond acceptors (Lipinski definition) is 6. The van der Waals surface area contributed by atoms with Gasteiger partial charge in [0.1, 0.15) is 0 Å². The van der Waals surface area contributed by atoms with Crippen LogP contribution in [0, 0.1) is 0 Å². The zero-order chi connectivity index (χ0) is 17.2. The molecule has 0 aliphatic carbocycles. The van der Waals surface area contributed by atoms with Crippen molar-refractivity contribution >= 4 is 5.97 Å². The second-order valence-corrected chi connectivity index (χ2v) is 6.15. The lowest BCUT2D eigenvalue weighted by Crippen LogP contribution is -2.19. The lowest BCUT2D eigenvalue weighted by atomic mass is 10.1. The molecule has 1 saturated heterocycles. The number of rotatable bonds is 5. The summed E-state index contributed by atoms with van der Waals surface area (Å²) in [6.07, 6.45) is 2.53. The standard InChI is InChI=1S/C18H17N3O4/c22-18(23)13-5-3-12(4-6-13)10-21-8-7-14(11-21)16-19-20-17(25-16)15-2-1-9-24-15/h1-6,9,14H,7-8,10-11H2,(H,22,23)/t14-/m0/s1. The van der Waals surface area contributed by atoms with Crippen LogP contribution in [0.5, 0.6) is 0 Å². The maximum Gasteiger partial charge on any atom is 0.335 e. The third kappa shape index (κ3) is 3.32. The first-order valence-electron chi connectivity index (χ1n) is 8.11. The van der Waals surface area contributed by atoms with Crippen LogP contribution in [0.3, 0.4) is 0 Å². The van der Waals surface area contributed by atoms with E-state index in [0.29, 0.717) is 23.1 Å². The van der Waals surface area contributed by atoms with E-state index in [9.17, 15) is 4.79 Å². The summed E-state index contributed by atoms with van der Waals surface area (Å²) >= 11 is 0. The Morgan fingerprint density at radius 1 is 1.24 bits per heavy atom. The van der Waals surface area contributed by atoms with Crippen molar-refractivity contribution in [2.75, 3.05) is 13.1 Å². The average molecular weight is 339 g/mol. The number of hydrogen-bond donors (Lipinski definition) is 1. The number of furan rings is 1. The molecule has 0 unspecified atom stereocenters. The van der Waals surface area contributed by atoms with E-state index in [1.807, 2.05) is 12.1 Å². The Balaban J connectivity index is 1.39. The SMILES string of the molecule is O=C(O)c1ccc(CN2CC[C@H](c3nnc(-c4ccco4)o3)C2)cc1. The Labute approximate surface area is 143 Å². The molecule has 2 aromatic heterocycles. The highest BCUT2D eigenvalue weighted by Crippen LogP contribution is 2.29. The Bertz CT molecular complexity index is 855. The molecule has 1 N–H and O–H groups in total. The average Bonchev–Trinajstić information content (AvgIpc) is 3.36. The van der Waals surface area contributed by atoms with Crippen LogP contribution in [0.1, 0.15) is 34.2 Å². The molecule has 1 aromatic carbocycles. The van der Waals surface area contributed by atoms with Crippen molar-refractivity contribution < 1.29 is 18.7 Å². The van der Waals surface area contributed by atoms with Crippen LogP contribution in [0.4, 0.5) is 0 Å². The number of aromatic nitrogens is 2. The summed E-state index contributed by atoms with van der Waals surface area (Å²) < 4.78 is 11.0. The molecule has 0 saturated carbocycles. The smallest absolute Gasteiger partial charge is 0.335 e. The van der Waals surface area contributed by atoms with E-state index in [-0.39, 0.29) is 5.92 Å². The van der Waals surface area contributed by atoms with Gasteiger partial charge in [-0.05, 0) is 42.8 Å². The summed E-state index contributed by atoms with van der Waals surface area (Å²) in [6, 6.07) is 10.6. The summed E-state index contributed by atoms with van der Waals surface area (Å²) in [7, 11) is 0. The first-order chi connectivity index (χ1) is 12.2. The fourth-order valence-electron chi connectivity index (χ4n) is 3.09. The Morgan fingerprint density at radius 2 is 2.08 bits per heavy atom. The van der Waals surface area contributed by atoms with Gasteiger partial charge in [0.15, 0.2) is 5.76 Å². The molecule has 7 heteroatoms. The van der Waals surface area contributed by atoms with Crippen LogP contribution in [0.25, 0.3) is 11.7 Å². The number of benzene rings is 1. The lowest BCUT2D eigenvalue weighted by molar-refractivity contribution is 0.0697. The van der Waals surface area contributed by atoms with Crippen LogP contribution in [-0.4, -0.2) is 39.3 Å². The predicted molar refractivity (Wildman–Crippen MR) is 88.0 cm³/mol. The van der Waals surface area contributed by atoms with Gasteiger partial charge in [0.25, 0.3) is 5.89 Å². The maximum atomic E-state index is 10.9. The monoisotopic (exact) mass is 339 g/mol. The van der Waals surface area contributed by atoms with E-state index in [1.54, 1.807) is 30.5 Å². The van der Waals surface area contributed by atoms with Gasteiger partial charge in [-0.2, -0.15) is 0 Å². The zero-order valence-electron chi connectivity index (χ0n) is 13.5. The number of nitrogens with zero attached hydrogens (tertiary/aromatic N) is 3. The molecule has 1 aliphatic heterocycles. The first-order valence-corrected chi connectivity index (χ1v) is 8.11. The number of likely N-dealkylation sites (tertiary alicyclic amines) is 1. The summed E-state index contributed by atoms with van der Waals surface area (Å²) in [5.41, 5.74) is 1.40. The van der Waals surface area contributed by atoms with Gasteiger partial charge >= 0.3 is 5.97 Å². The molecule has 3 aromatic rings. The van der Waals surface area contributed by atoms with Crippen LogP contribution in [0.2, 0.25) is 0 Å². The molecule has 128 valence electrons. The Kier molecular flexibility index (Phi) is 4.07. The van der Waals surface area contributed by atoms with E-state index in [1.165, 1.54) is 0 Å². The molecular weight excluding hydrogens is 322 g/mol. The number of carboxylic acids is 1. The molecule has 0 bridgehead atoms. The minimum atomic E-state index is -0.906. The fraction of sp³-hybridized carbons (Fsp3) is 0.278. The number of aromatic carboxylic acids is 1. The molecule has 7 nitrogen and oxygen atoms in total. The van der Waals surface area contributed by atoms with E-state index in [0.717, 1.165) is 31.6 Å². The minimum Gasteiger partial charge on any atom is -0.478 e. The molecular formula is C18H17N3O4. The largest absolute Gasteiger partial charge is 0.478 e. The van der Waals surface area contributed by atoms with E-state index in [4.69, 9.17) is 13.9 Å². The molecule has 1 aliphatic rings. The van der Waals surface area contributed by atoms with Crippen molar-refractivity contribution in [2.45, 2.75) is 18.9 Å². The molecule has 25 heavy (non-hydrogen) atoms. The summed E-state index contributed by atoms with van der Waals surface area (Å²) in [4.78, 5) is 13.2. The Hall–Kier alpha value is -2.93. The summed E-state index contributed by atoms with van der Waals surface area (Å²) in [6.45, 7) is 2.54. The molecule has 0 spiro atoms. The van der Waals surface area contributed by atoms with Crippen LogP contribution < -0.4 is 0 Å². The fourth-order valence-corrected chi connectivity index (χ4v) is 3.09. The third-order valence-electron chi connectivity index (χ3n) is 4.40. The Morgan fingerprint density at radius 3 is 2.80 bits per heavy atom. The van der Waals surface area contributed by atoms with Gasteiger partial charge in [0.05, 0.1) is 17.7 Å². The first kappa shape index (κ1) is 15.6. The normalized spacial score (nSPS) is 17.8. The van der Waals surface area contributed by atoms with Crippen LogP contribution in [-0.2, 0) is 6.54 Å². The maximum absolute atomic E-state index is 10.9. The minimum absolute atomic E-state index is 0.203. The molecule has 3 heterocycles. The van der Waals surface area contributed by atoms with Gasteiger partial charge in [-0.25, -0.2) is 4.79 Å². The molecule has 1 fully saturated rings. The van der Waals surface area contributed by atoms with E-state index < -0.39 is 5.97 Å². The van der Waals surface area contributed by atoms with Gasteiger partial charge in [-0.1, -0.05) is 12.1 Å². The quantitative estimate of drug-likeness (QED) is 0.763. The van der Waals surface area contributed by atoms with Crippen molar-refractivity contribution in [3.05, 3.63) is 59.7 Å². The second-order valence-electron chi connectivity index (χ2n) is 6.15. The predicted octanol–water partition coefficient (Wildman–Crippen LogP) is 3.02. The lowest BCUT2D eigenvalue weighted by Gasteiger charge is -2.15. The van der Waals surface area contributed by atoms with Gasteiger partial charge in [0.2, 0.25) is 5.89 Å². The number of carbonyl (C=O) groups is 1. The van der Waals surface area contributed by atoms with E-state index >= 15 is 0 Å². The topological polar surface area (TPSA) is 92.6 Å². The van der Waals surface area contributed by atoms with Crippen molar-refractivity contribution in [1.82, 2.24) is 15.1 Å². The summed E-state index contributed by atoms with van der Waals surface area (Å²) in [5, 5.41) is 17.2. The molecule has 0 amide bonds. The van der Waals surface area contributed by atoms with Crippen molar-refractivity contribution in [1.29, 1.82) is 0 Å². The highest BCUT2D eigenvalue weighted by Gasteiger charge is 2.28. The van der Waals surface area contributed by atoms with Gasteiger partial charge in [-0.3, -0.25) is 4.90 Å². The van der Waals surface area contributed by atoms with Crippen molar-refractivity contribution in [3.63, 3.8) is 0 Å². The van der Waals surface area contributed by atoms with Gasteiger partial charge in [-0.15, -0.1) is 10.2 Å². The second kappa shape index (κ2) is 6.52. The van der Waals surface area contributed by atoms with Gasteiger partial charge < -0.3 is 13.9 Å². The van der Waals surface area contributed by atoms with Crippen LogP contribution in [0.15, 0.2) is 51.5 Å². The van der Waals surface area contributed by atoms with Crippen molar-refractivity contribution in [2.24, 2.45) is 0 Å². The molecule has 4 rings (SSSR count). The summed E-state index contributed by atoms with van der Waals surface area (Å²) in [5.74, 6) is 0.913. The number of carboxylic acid groups (broad SMARTS) is 1. The molecule has 0 radical (unpaired) electrons. The zero-order valence-corrected chi connectivity index (χ0v) is 13.5.